The topological polar surface area (TPSA) is 79.1 Å². The van der Waals surface area contributed by atoms with E-state index < -0.39 is 0 Å². The molecule has 0 aliphatic carbocycles. The maximum atomic E-state index is 12.8. The molecule has 1 unspecified atom stereocenters. The smallest absolute Gasteiger partial charge is 0.274 e. The number of halogens is 1. The molecule has 1 atom stereocenters. The molecule has 1 saturated heterocycles. The molecule has 6 nitrogen and oxygen atoms in total. The molecule has 0 N–H and O–H groups in total. The third kappa shape index (κ3) is 4.63. The van der Waals surface area contributed by atoms with Crippen LogP contribution in [-0.2, 0) is 4.74 Å². The second-order valence-electron chi connectivity index (χ2n) is 5.97. The zero-order valence-corrected chi connectivity index (χ0v) is 14.2. The van der Waals surface area contributed by atoms with Crippen LogP contribution in [0.1, 0.15) is 48.9 Å². The van der Waals surface area contributed by atoms with Gasteiger partial charge < -0.3 is 9.64 Å². The Kier molecular flexibility index (Phi) is 6.31. The molecule has 1 aromatic heterocycles. The maximum Gasteiger partial charge on any atom is 0.274 e. The van der Waals surface area contributed by atoms with E-state index in [1.54, 1.807) is 4.90 Å². The molecule has 1 aromatic rings. The summed E-state index contributed by atoms with van der Waals surface area (Å²) in [4.78, 5) is 23.0. The number of carbonyl (C=O) groups excluding carboxylic acids is 1. The minimum Gasteiger partial charge on any atom is -0.381 e. The van der Waals surface area contributed by atoms with Gasteiger partial charge in [0, 0.05) is 31.5 Å². The number of amides is 1. The van der Waals surface area contributed by atoms with Crippen molar-refractivity contribution in [3.05, 3.63) is 22.7 Å². The highest BCUT2D eigenvalue weighted by Crippen LogP contribution is 2.20. The Morgan fingerprint density at radius 2 is 2.39 bits per heavy atom. The van der Waals surface area contributed by atoms with Gasteiger partial charge in [-0.3, -0.25) is 4.79 Å². The van der Waals surface area contributed by atoms with Crippen LogP contribution in [-0.4, -0.2) is 47.1 Å². The van der Waals surface area contributed by atoms with E-state index in [9.17, 15) is 4.79 Å². The first-order valence-electron chi connectivity index (χ1n) is 7.79. The number of hydrogen-bond acceptors (Lipinski definition) is 5. The van der Waals surface area contributed by atoms with Crippen LogP contribution in [0, 0.1) is 17.2 Å². The van der Waals surface area contributed by atoms with E-state index in [1.807, 2.05) is 13.8 Å². The minimum absolute atomic E-state index is 0.106. The number of nitrogens with zero attached hydrogens (tertiary/aromatic N) is 4. The van der Waals surface area contributed by atoms with Gasteiger partial charge in [0.25, 0.3) is 5.91 Å². The van der Waals surface area contributed by atoms with Crippen LogP contribution < -0.4 is 0 Å². The van der Waals surface area contributed by atoms with Gasteiger partial charge in [-0.1, -0.05) is 25.4 Å². The largest absolute Gasteiger partial charge is 0.381 e. The van der Waals surface area contributed by atoms with E-state index >= 15 is 0 Å². The number of ether oxygens (including phenoxy) is 1. The molecule has 0 radical (unpaired) electrons. The van der Waals surface area contributed by atoms with Crippen LogP contribution in [0.2, 0.25) is 5.02 Å². The Morgan fingerprint density at radius 3 is 3.00 bits per heavy atom. The molecule has 1 amide bonds. The van der Waals surface area contributed by atoms with Crippen LogP contribution in [0.5, 0.6) is 0 Å². The van der Waals surface area contributed by atoms with Gasteiger partial charge in [0.05, 0.1) is 30.3 Å². The molecule has 124 valence electrons. The fourth-order valence-electron chi connectivity index (χ4n) is 2.46. The highest BCUT2D eigenvalue weighted by molar-refractivity contribution is 6.33. The van der Waals surface area contributed by atoms with E-state index in [0.717, 1.165) is 13.0 Å². The summed E-state index contributed by atoms with van der Waals surface area (Å²) in [5, 5.41) is 9.08. The van der Waals surface area contributed by atoms with Crippen molar-refractivity contribution < 1.29 is 9.53 Å². The average Bonchev–Trinajstić information content (AvgIpc) is 3.04. The standard InChI is InChI=1S/C16H21ClN4O2/c1-11(2)15-19-8-13(17)14(20-15)16(22)21(6-3-5-18)9-12-4-7-23-10-12/h8,11-12H,3-4,6-7,9-10H2,1-2H3. The first-order valence-corrected chi connectivity index (χ1v) is 8.17. The van der Waals surface area contributed by atoms with Crippen molar-refractivity contribution in [1.82, 2.24) is 14.9 Å². The Bertz CT molecular complexity index is 594. The minimum atomic E-state index is -0.249. The molecule has 1 aliphatic rings. The summed E-state index contributed by atoms with van der Waals surface area (Å²) in [6, 6.07) is 2.08. The molecule has 0 spiro atoms. The average molecular weight is 337 g/mol. The van der Waals surface area contributed by atoms with Crippen molar-refractivity contribution in [2.75, 3.05) is 26.3 Å². The van der Waals surface area contributed by atoms with Gasteiger partial charge in [0.2, 0.25) is 0 Å². The van der Waals surface area contributed by atoms with Crippen molar-refractivity contribution in [2.24, 2.45) is 5.92 Å². The van der Waals surface area contributed by atoms with Crippen molar-refractivity contribution in [3.8, 4) is 6.07 Å². The van der Waals surface area contributed by atoms with Gasteiger partial charge in [-0.05, 0) is 6.42 Å². The molecule has 23 heavy (non-hydrogen) atoms. The number of aromatic nitrogens is 2. The molecular weight excluding hydrogens is 316 g/mol. The summed E-state index contributed by atoms with van der Waals surface area (Å²) < 4.78 is 5.37. The molecule has 2 heterocycles. The molecular formula is C16H21ClN4O2. The summed E-state index contributed by atoms with van der Waals surface area (Å²) in [5.41, 5.74) is 0.210. The van der Waals surface area contributed by atoms with Crippen molar-refractivity contribution in [2.45, 2.75) is 32.6 Å². The molecule has 0 saturated carbocycles. The molecule has 0 aromatic carbocycles. The van der Waals surface area contributed by atoms with E-state index in [4.69, 9.17) is 21.6 Å². The lowest BCUT2D eigenvalue weighted by molar-refractivity contribution is 0.0718. The predicted molar refractivity (Wildman–Crippen MR) is 86.2 cm³/mol. The summed E-state index contributed by atoms with van der Waals surface area (Å²) in [6.07, 6.45) is 2.67. The highest BCUT2D eigenvalue weighted by atomic mass is 35.5. The number of carbonyl (C=O) groups is 1. The van der Waals surface area contributed by atoms with Gasteiger partial charge in [-0.15, -0.1) is 0 Å². The van der Waals surface area contributed by atoms with Gasteiger partial charge in [0.15, 0.2) is 5.69 Å². The monoisotopic (exact) mass is 336 g/mol. The van der Waals surface area contributed by atoms with Crippen LogP contribution in [0.3, 0.4) is 0 Å². The third-order valence-electron chi connectivity index (χ3n) is 3.77. The molecule has 0 bridgehead atoms. The van der Waals surface area contributed by atoms with E-state index in [2.05, 4.69) is 16.0 Å². The van der Waals surface area contributed by atoms with Gasteiger partial charge >= 0.3 is 0 Å². The Hall–Kier alpha value is -1.71. The Balaban J connectivity index is 2.21. The van der Waals surface area contributed by atoms with Crippen molar-refractivity contribution in [3.63, 3.8) is 0 Å². The second-order valence-corrected chi connectivity index (χ2v) is 6.38. The highest BCUT2D eigenvalue weighted by Gasteiger charge is 2.26. The van der Waals surface area contributed by atoms with Crippen LogP contribution in [0.4, 0.5) is 0 Å². The van der Waals surface area contributed by atoms with Gasteiger partial charge in [0.1, 0.15) is 5.82 Å². The first kappa shape index (κ1) is 17.6. The lowest BCUT2D eigenvalue weighted by Gasteiger charge is -2.24. The van der Waals surface area contributed by atoms with Crippen LogP contribution in [0.25, 0.3) is 0 Å². The van der Waals surface area contributed by atoms with Crippen LogP contribution in [0.15, 0.2) is 6.20 Å². The summed E-state index contributed by atoms with van der Waals surface area (Å²) in [7, 11) is 0. The third-order valence-corrected chi connectivity index (χ3v) is 4.04. The molecule has 7 heteroatoms. The summed E-state index contributed by atoms with van der Waals surface area (Å²) >= 11 is 6.13. The lowest BCUT2D eigenvalue weighted by atomic mass is 10.1. The number of hydrogen-bond donors (Lipinski definition) is 0. The Labute approximate surface area is 141 Å². The van der Waals surface area contributed by atoms with Crippen molar-refractivity contribution >= 4 is 17.5 Å². The lowest BCUT2D eigenvalue weighted by Crippen LogP contribution is -2.37. The zero-order chi connectivity index (χ0) is 16.8. The van der Waals surface area contributed by atoms with E-state index in [0.29, 0.717) is 31.4 Å². The maximum absolute atomic E-state index is 12.8. The normalized spacial score (nSPS) is 17.3. The first-order chi connectivity index (χ1) is 11.0. The van der Waals surface area contributed by atoms with E-state index in [-0.39, 0.29) is 29.0 Å². The summed E-state index contributed by atoms with van der Waals surface area (Å²) in [5.74, 6) is 0.737. The number of nitriles is 1. The number of rotatable bonds is 6. The SMILES string of the molecule is CC(C)c1ncc(Cl)c(C(=O)N(CCC#N)CC2CCOC2)n1. The predicted octanol–water partition coefficient (Wildman–Crippen LogP) is 2.65. The van der Waals surface area contributed by atoms with Crippen molar-refractivity contribution in [1.29, 1.82) is 5.26 Å². The molecule has 2 rings (SSSR count). The zero-order valence-electron chi connectivity index (χ0n) is 13.5. The fraction of sp³-hybridized carbons (Fsp3) is 0.625. The molecule has 1 fully saturated rings. The fourth-order valence-corrected chi connectivity index (χ4v) is 2.63. The van der Waals surface area contributed by atoms with Gasteiger partial charge in [-0.25, -0.2) is 9.97 Å². The second kappa shape index (κ2) is 8.23. The quantitative estimate of drug-likeness (QED) is 0.797. The Morgan fingerprint density at radius 1 is 1.61 bits per heavy atom. The van der Waals surface area contributed by atoms with Crippen LogP contribution >= 0.6 is 11.6 Å². The summed E-state index contributed by atoms with van der Waals surface area (Å²) in [6.45, 7) is 6.20. The van der Waals surface area contributed by atoms with E-state index in [1.165, 1.54) is 6.20 Å². The molecule has 1 aliphatic heterocycles. The van der Waals surface area contributed by atoms with Gasteiger partial charge in [-0.2, -0.15) is 5.26 Å².